The zero-order chi connectivity index (χ0) is 30.3. The van der Waals surface area contributed by atoms with Crippen molar-refractivity contribution in [2.75, 3.05) is 33.0 Å². The van der Waals surface area contributed by atoms with Crippen LogP contribution in [0.1, 0.15) is 34.1 Å². The van der Waals surface area contributed by atoms with Crippen molar-refractivity contribution in [1.29, 1.82) is 0 Å². The highest BCUT2D eigenvalue weighted by Crippen LogP contribution is 2.33. The van der Waals surface area contributed by atoms with Crippen molar-refractivity contribution in [3.8, 4) is 0 Å². The van der Waals surface area contributed by atoms with Gasteiger partial charge in [-0.2, -0.15) is 0 Å². The number of ether oxygens (including phenoxy) is 4. The zero-order valence-electron chi connectivity index (χ0n) is 25.9. The summed E-state index contributed by atoms with van der Waals surface area (Å²) in [6, 6.07) is 2.31. The second-order valence-electron chi connectivity index (χ2n) is 11.7. The summed E-state index contributed by atoms with van der Waals surface area (Å²) in [4.78, 5) is 34.1. The summed E-state index contributed by atoms with van der Waals surface area (Å²) in [6.07, 6.45) is 0.663. The lowest BCUT2D eigenvalue weighted by molar-refractivity contribution is -0.141. The van der Waals surface area contributed by atoms with E-state index in [9.17, 15) is 14.4 Å². The lowest BCUT2D eigenvalue weighted by Gasteiger charge is -2.45. The second kappa shape index (κ2) is 17.6. The Kier molecular flexibility index (Phi) is 17.1. The Hall–Kier alpha value is -1.14. The number of rotatable bonds is 21. The van der Waals surface area contributed by atoms with Crippen molar-refractivity contribution in [3.63, 3.8) is 0 Å². The maximum absolute atomic E-state index is 11.4. The molecule has 0 aliphatic rings. The van der Waals surface area contributed by atoms with Crippen LogP contribution in [-0.2, 0) is 45.7 Å². The van der Waals surface area contributed by atoms with Crippen LogP contribution >= 0.6 is 0 Å². The summed E-state index contributed by atoms with van der Waals surface area (Å²) in [5, 5.41) is 0. The Labute approximate surface area is 239 Å². The maximum atomic E-state index is 11.4. The van der Waals surface area contributed by atoms with Crippen molar-refractivity contribution < 1.29 is 45.7 Å². The molecule has 0 fully saturated rings. The molecule has 0 aromatic rings. The first-order valence-electron chi connectivity index (χ1n) is 13.5. The molecule has 0 aromatic carbocycles. The van der Waals surface area contributed by atoms with E-state index in [0.29, 0.717) is 43.8 Å². The van der Waals surface area contributed by atoms with Crippen molar-refractivity contribution in [2.45, 2.75) is 97.6 Å². The van der Waals surface area contributed by atoms with Crippen molar-refractivity contribution >= 4 is 51.7 Å². The monoisotopic (exact) mass is 624 g/mol. The molecule has 0 radical (unpaired) electrons. The van der Waals surface area contributed by atoms with Crippen LogP contribution in [0.2, 0.25) is 63.5 Å². The highest BCUT2D eigenvalue weighted by molar-refractivity contribution is 6.90. The van der Waals surface area contributed by atoms with Gasteiger partial charge in [0, 0.05) is 33.4 Å². The van der Waals surface area contributed by atoms with Gasteiger partial charge in [0.05, 0.1) is 26.4 Å². The Morgan fingerprint density at radius 1 is 0.564 bits per heavy atom. The summed E-state index contributed by atoms with van der Waals surface area (Å²) in [7, 11) is -10.7. The number of hydrogen-bond donors (Lipinski definition) is 0. The molecule has 0 aliphatic heterocycles. The molecule has 0 rings (SSSR count). The number of hydrogen-bond acceptors (Lipinski definition) is 10. The summed E-state index contributed by atoms with van der Waals surface area (Å²) >= 11 is 0. The molecule has 0 spiro atoms. The van der Waals surface area contributed by atoms with Gasteiger partial charge in [-0.25, -0.2) is 0 Å². The lowest BCUT2D eigenvalue weighted by Crippen LogP contribution is -2.62. The fraction of sp³-hybridized carbons (Fsp3) is 0.800. The summed E-state index contributed by atoms with van der Waals surface area (Å²) in [5.74, 6) is -0.990. The van der Waals surface area contributed by atoms with Crippen molar-refractivity contribution in [1.82, 2.24) is 0 Å². The van der Waals surface area contributed by atoms with Crippen LogP contribution in [0.15, 0.2) is 12.2 Å². The van der Waals surface area contributed by atoms with Crippen molar-refractivity contribution in [3.05, 3.63) is 12.2 Å². The highest BCUT2D eigenvalue weighted by atomic mass is 28.5. The first-order chi connectivity index (χ1) is 17.8. The zero-order valence-corrected chi connectivity index (χ0v) is 29.9. The van der Waals surface area contributed by atoms with Gasteiger partial charge in [0.2, 0.25) is 0 Å². The van der Waals surface area contributed by atoms with E-state index < -0.39 is 33.8 Å². The van der Waals surface area contributed by atoms with Crippen LogP contribution in [0.3, 0.4) is 0 Å². The molecular weight excluding hydrogens is 573 g/mol. The topological polar surface area (TPSA) is 116 Å². The SMILES string of the molecule is C=C(C)COCCC[Si](O[Si](C)(C)CCOC(C)=O)(O[Si](C)(C)CCOC(C)=O)O[Si](C)(C)CCOC(C)=O. The van der Waals surface area contributed by atoms with E-state index in [2.05, 4.69) is 45.9 Å². The van der Waals surface area contributed by atoms with Crippen LogP contribution in [0.5, 0.6) is 0 Å². The molecule has 10 nitrogen and oxygen atoms in total. The average Bonchev–Trinajstić information content (AvgIpc) is 2.70. The van der Waals surface area contributed by atoms with Gasteiger partial charge in [-0.1, -0.05) is 12.2 Å². The molecule has 0 aromatic heterocycles. The highest BCUT2D eigenvalue weighted by Gasteiger charge is 2.52. The largest absolute Gasteiger partial charge is 0.469 e. The minimum absolute atomic E-state index is 0.265. The molecule has 0 saturated carbocycles. The molecule has 0 amide bonds. The quantitative estimate of drug-likeness (QED) is 0.0550. The van der Waals surface area contributed by atoms with Gasteiger partial charge in [0.15, 0.2) is 25.0 Å². The average molecular weight is 625 g/mol. The van der Waals surface area contributed by atoms with E-state index in [4.69, 9.17) is 31.3 Å². The van der Waals surface area contributed by atoms with E-state index in [1.807, 2.05) is 6.92 Å². The lowest BCUT2D eigenvalue weighted by atomic mass is 10.4. The number of carbonyl (C=O) groups excluding carboxylic acids is 3. The molecule has 14 heteroatoms. The molecule has 0 aliphatic carbocycles. The molecule has 0 bridgehead atoms. The third-order valence-electron chi connectivity index (χ3n) is 5.44. The van der Waals surface area contributed by atoms with Gasteiger partial charge < -0.3 is 31.3 Å². The van der Waals surface area contributed by atoms with Crippen LogP contribution in [-0.4, -0.2) is 84.7 Å². The van der Waals surface area contributed by atoms with E-state index in [0.717, 1.165) is 5.57 Å². The summed E-state index contributed by atoms with van der Waals surface area (Å²) < 4.78 is 42.4. The van der Waals surface area contributed by atoms with Gasteiger partial charge in [-0.05, 0) is 70.8 Å². The Morgan fingerprint density at radius 3 is 1.18 bits per heavy atom. The van der Waals surface area contributed by atoms with E-state index in [-0.39, 0.29) is 37.7 Å². The van der Waals surface area contributed by atoms with Gasteiger partial charge in [0.25, 0.3) is 0 Å². The van der Waals surface area contributed by atoms with Gasteiger partial charge in [0.1, 0.15) is 0 Å². The van der Waals surface area contributed by atoms with E-state index >= 15 is 0 Å². The summed E-state index contributed by atoms with van der Waals surface area (Å²) in [5.41, 5.74) is 0.944. The minimum Gasteiger partial charge on any atom is -0.466 e. The van der Waals surface area contributed by atoms with E-state index in [1.54, 1.807) is 0 Å². The fourth-order valence-electron chi connectivity index (χ4n) is 3.59. The Balaban J connectivity index is 6.14. The third kappa shape index (κ3) is 20.4. The Morgan fingerprint density at radius 2 is 0.897 bits per heavy atom. The summed E-state index contributed by atoms with van der Waals surface area (Å²) in [6.45, 7) is 24.2. The van der Waals surface area contributed by atoms with Crippen molar-refractivity contribution in [2.24, 2.45) is 0 Å². The molecule has 0 heterocycles. The second-order valence-corrected chi connectivity index (χ2v) is 28.0. The molecule has 0 saturated heterocycles. The molecular formula is C25H52O10Si4. The standard InChI is InChI=1S/C25H52O10Si4/c1-22(2)21-29-13-12-17-39(33-36(6,7)18-14-30-23(3)26,34-37(8,9)19-15-31-24(4)27)35-38(10,11)20-16-32-25(5)28/h1,12-21H2,2-11H3. The predicted octanol–water partition coefficient (Wildman–Crippen LogP) is 5.26. The fourth-order valence-corrected chi connectivity index (χ4v) is 20.1. The van der Waals surface area contributed by atoms with Crippen LogP contribution in [0.4, 0.5) is 0 Å². The molecule has 39 heavy (non-hydrogen) atoms. The molecule has 0 N–H and O–H groups in total. The normalized spacial score (nSPS) is 12.7. The number of carbonyl (C=O) groups is 3. The van der Waals surface area contributed by atoms with Gasteiger partial charge in [-0.15, -0.1) is 0 Å². The van der Waals surface area contributed by atoms with Gasteiger partial charge in [-0.3, -0.25) is 14.4 Å². The molecule has 228 valence electrons. The first kappa shape index (κ1) is 37.9. The van der Waals surface area contributed by atoms with Crippen LogP contribution in [0.25, 0.3) is 0 Å². The third-order valence-corrected chi connectivity index (χ3v) is 21.0. The number of esters is 3. The minimum atomic E-state index is -3.35. The predicted molar refractivity (Wildman–Crippen MR) is 161 cm³/mol. The van der Waals surface area contributed by atoms with Crippen LogP contribution in [0, 0.1) is 0 Å². The smallest absolute Gasteiger partial charge is 0.466 e. The molecule has 0 atom stereocenters. The molecule has 0 unspecified atom stereocenters. The van der Waals surface area contributed by atoms with Gasteiger partial charge >= 0.3 is 26.7 Å². The van der Waals surface area contributed by atoms with E-state index in [1.165, 1.54) is 20.8 Å². The first-order valence-corrected chi connectivity index (χ1v) is 24.8. The maximum Gasteiger partial charge on any atom is 0.469 e. The Bertz CT molecular complexity index is 718. The van der Waals surface area contributed by atoms with Crippen LogP contribution < -0.4 is 0 Å².